The lowest BCUT2D eigenvalue weighted by atomic mass is 9.99. The molecule has 0 radical (unpaired) electrons. The summed E-state index contributed by atoms with van der Waals surface area (Å²) in [5, 5.41) is 0. The molecule has 0 bridgehead atoms. The van der Waals surface area contributed by atoms with Crippen molar-refractivity contribution in [3.63, 3.8) is 0 Å². The second-order valence-electron chi connectivity index (χ2n) is 6.63. The van der Waals surface area contributed by atoms with E-state index in [1.54, 1.807) is 4.90 Å². The van der Waals surface area contributed by atoms with Gasteiger partial charge in [0.15, 0.2) is 0 Å². The number of likely N-dealkylation sites (tertiary alicyclic amines) is 1. The van der Waals surface area contributed by atoms with Crippen molar-refractivity contribution in [1.82, 2.24) is 9.88 Å². The van der Waals surface area contributed by atoms with Gasteiger partial charge in [-0.25, -0.2) is 4.79 Å². The zero-order valence-electron chi connectivity index (χ0n) is 13.1. The summed E-state index contributed by atoms with van der Waals surface area (Å²) in [7, 11) is 0. The van der Waals surface area contributed by atoms with E-state index in [9.17, 15) is 4.79 Å². The number of nitrogens with zero attached hydrogens (tertiary/aromatic N) is 2. The molecule has 1 aromatic rings. The third-order valence-electron chi connectivity index (χ3n) is 3.48. The highest BCUT2D eigenvalue weighted by Crippen LogP contribution is 2.29. The van der Waals surface area contributed by atoms with Crippen LogP contribution in [0.5, 0.6) is 0 Å². The van der Waals surface area contributed by atoms with Crippen molar-refractivity contribution in [2.24, 2.45) is 0 Å². The molecule has 0 spiro atoms. The molecular formula is C16H24N2O2. The molecule has 1 aromatic heterocycles. The summed E-state index contributed by atoms with van der Waals surface area (Å²) in [6.45, 7) is 11.3. The number of carbonyl (C=O) groups excluding carboxylic acids is 1. The molecule has 2 heterocycles. The summed E-state index contributed by atoms with van der Waals surface area (Å²) >= 11 is 0. The zero-order chi connectivity index (χ0) is 14.9. The second-order valence-corrected chi connectivity index (χ2v) is 6.63. The molecule has 1 aliphatic heterocycles. The van der Waals surface area contributed by atoms with Gasteiger partial charge in [-0.15, -0.1) is 0 Å². The third kappa shape index (κ3) is 3.50. The lowest BCUT2D eigenvalue weighted by Gasteiger charge is -2.24. The normalized spacial score (nSPS) is 19.2. The SMILES string of the molecule is Cc1cnc(C2CCN(C(=O)OC(C)(C)C)C2)c(C)c1. The van der Waals surface area contributed by atoms with Crippen LogP contribution in [0, 0.1) is 13.8 Å². The smallest absolute Gasteiger partial charge is 0.410 e. The van der Waals surface area contributed by atoms with Gasteiger partial charge in [0.2, 0.25) is 0 Å². The van der Waals surface area contributed by atoms with Crippen LogP contribution in [0.2, 0.25) is 0 Å². The highest BCUT2D eigenvalue weighted by molar-refractivity contribution is 5.68. The molecule has 1 fully saturated rings. The maximum Gasteiger partial charge on any atom is 0.410 e. The van der Waals surface area contributed by atoms with Gasteiger partial charge in [-0.3, -0.25) is 4.98 Å². The Balaban J connectivity index is 2.03. The first-order valence-corrected chi connectivity index (χ1v) is 7.17. The molecule has 0 N–H and O–H groups in total. The lowest BCUT2D eigenvalue weighted by molar-refractivity contribution is 0.0292. The minimum atomic E-state index is -0.437. The van der Waals surface area contributed by atoms with Crippen molar-refractivity contribution in [2.75, 3.05) is 13.1 Å². The van der Waals surface area contributed by atoms with Crippen LogP contribution in [0.25, 0.3) is 0 Å². The molecule has 0 saturated carbocycles. The number of hydrogen-bond donors (Lipinski definition) is 0. The number of aryl methyl sites for hydroxylation is 2. The van der Waals surface area contributed by atoms with Crippen LogP contribution < -0.4 is 0 Å². The predicted octanol–water partition coefficient (Wildman–Crippen LogP) is 3.42. The Morgan fingerprint density at radius 3 is 2.70 bits per heavy atom. The summed E-state index contributed by atoms with van der Waals surface area (Å²) in [6, 6.07) is 2.15. The summed E-state index contributed by atoms with van der Waals surface area (Å²) in [5.41, 5.74) is 3.06. The number of carbonyl (C=O) groups is 1. The second kappa shape index (κ2) is 5.43. The van der Waals surface area contributed by atoms with E-state index in [1.807, 2.05) is 33.9 Å². The van der Waals surface area contributed by atoms with Crippen molar-refractivity contribution in [2.45, 2.75) is 52.6 Å². The van der Waals surface area contributed by atoms with E-state index in [0.717, 1.165) is 18.7 Å². The third-order valence-corrected chi connectivity index (χ3v) is 3.48. The van der Waals surface area contributed by atoms with E-state index in [-0.39, 0.29) is 6.09 Å². The van der Waals surface area contributed by atoms with E-state index in [4.69, 9.17) is 4.74 Å². The standard InChI is InChI=1S/C16H24N2O2/c1-11-8-12(2)14(17-9-11)13-6-7-18(10-13)15(19)20-16(3,4)5/h8-9,13H,6-7,10H2,1-5H3. The first kappa shape index (κ1) is 14.8. The van der Waals surface area contributed by atoms with Crippen LogP contribution in [0.1, 0.15) is 49.9 Å². The molecule has 1 saturated heterocycles. The van der Waals surface area contributed by atoms with Gasteiger partial charge in [-0.05, 0) is 52.2 Å². The van der Waals surface area contributed by atoms with Crippen LogP contribution in [0.15, 0.2) is 12.3 Å². The first-order chi connectivity index (χ1) is 9.26. The molecule has 0 aromatic carbocycles. The van der Waals surface area contributed by atoms with Gasteiger partial charge in [-0.1, -0.05) is 6.07 Å². The van der Waals surface area contributed by atoms with Gasteiger partial charge in [0, 0.05) is 30.9 Å². The molecule has 1 aliphatic rings. The van der Waals surface area contributed by atoms with E-state index in [1.165, 1.54) is 11.1 Å². The van der Waals surface area contributed by atoms with Crippen LogP contribution in [0.3, 0.4) is 0 Å². The minimum Gasteiger partial charge on any atom is -0.444 e. The highest BCUT2D eigenvalue weighted by Gasteiger charge is 2.31. The molecular weight excluding hydrogens is 252 g/mol. The minimum absolute atomic E-state index is 0.218. The van der Waals surface area contributed by atoms with Crippen molar-refractivity contribution >= 4 is 6.09 Å². The summed E-state index contributed by atoms with van der Waals surface area (Å²) in [6.07, 6.45) is 2.64. The molecule has 110 valence electrons. The fraction of sp³-hybridized carbons (Fsp3) is 0.625. The molecule has 1 atom stereocenters. The van der Waals surface area contributed by atoms with Gasteiger partial charge in [0.05, 0.1) is 0 Å². The van der Waals surface area contributed by atoms with Crippen LogP contribution in [0.4, 0.5) is 4.79 Å². The van der Waals surface area contributed by atoms with E-state index in [0.29, 0.717) is 12.5 Å². The number of pyridine rings is 1. The number of aromatic nitrogens is 1. The molecule has 4 heteroatoms. The molecule has 2 rings (SSSR count). The first-order valence-electron chi connectivity index (χ1n) is 7.17. The lowest BCUT2D eigenvalue weighted by Crippen LogP contribution is -2.35. The van der Waals surface area contributed by atoms with Crippen molar-refractivity contribution < 1.29 is 9.53 Å². The Morgan fingerprint density at radius 1 is 1.40 bits per heavy atom. The number of amides is 1. The van der Waals surface area contributed by atoms with Crippen LogP contribution in [-0.2, 0) is 4.74 Å². The molecule has 4 nitrogen and oxygen atoms in total. The highest BCUT2D eigenvalue weighted by atomic mass is 16.6. The van der Waals surface area contributed by atoms with Gasteiger partial charge >= 0.3 is 6.09 Å². The van der Waals surface area contributed by atoms with Crippen LogP contribution in [-0.4, -0.2) is 34.7 Å². The zero-order valence-corrected chi connectivity index (χ0v) is 13.1. The fourth-order valence-electron chi connectivity index (χ4n) is 2.63. The summed E-state index contributed by atoms with van der Waals surface area (Å²) in [4.78, 5) is 18.4. The topological polar surface area (TPSA) is 42.4 Å². The van der Waals surface area contributed by atoms with Gasteiger partial charge in [0.25, 0.3) is 0 Å². The Labute approximate surface area is 121 Å². The average molecular weight is 276 g/mol. The fourth-order valence-corrected chi connectivity index (χ4v) is 2.63. The Kier molecular flexibility index (Phi) is 4.02. The van der Waals surface area contributed by atoms with Crippen molar-refractivity contribution in [3.8, 4) is 0 Å². The van der Waals surface area contributed by atoms with Crippen LogP contribution >= 0.6 is 0 Å². The molecule has 20 heavy (non-hydrogen) atoms. The number of hydrogen-bond acceptors (Lipinski definition) is 3. The van der Waals surface area contributed by atoms with Gasteiger partial charge < -0.3 is 9.64 Å². The van der Waals surface area contributed by atoms with Crippen molar-refractivity contribution in [3.05, 3.63) is 29.1 Å². The Morgan fingerprint density at radius 2 is 2.10 bits per heavy atom. The number of rotatable bonds is 1. The predicted molar refractivity (Wildman–Crippen MR) is 78.9 cm³/mol. The molecule has 1 unspecified atom stereocenters. The van der Waals surface area contributed by atoms with E-state index >= 15 is 0 Å². The average Bonchev–Trinajstić information content (AvgIpc) is 2.75. The largest absolute Gasteiger partial charge is 0.444 e. The molecule has 1 amide bonds. The van der Waals surface area contributed by atoms with E-state index in [2.05, 4.69) is 18.0 Å². The molecule has 0 aliphatic carbocycles. The monoisotopic (exact) mass is 276 g/mol. The maximum absolute atomic E-state index is 12.1. The maximum atomic E-state index is 12.1. The van der Waals surface area contributed by atoms with E-state index < -0.39 is 5.60 Å². The summed E-state index contributed by atoms with van der Waals surface area (Å²) in [5.74, 6) is 0.322. The quantitative estimate of drug-likeness (QED) is 0.789. The van der Waals surface area contributed by atoms with Crippen molar-refractivity contribution in [1.29, 1.82) is 0 Å². The Hall–Kier alpha value is -1.58. The Bertz CT molecular complexity index is 506. The number of ether oxygens (including phenoxy) is 1. The summed E-state index contributed by atoms with van der Waals surface area (Å²) < 4.78 is 5.42. The van der Waals surface area contributed by atoms with Gasteiger partial charge in [-0.2, -0.15) is 0 Å². The van der Waals surface area contributed by atoms with Gasteiger partial charge in [0.1, 0.15) is 5.60 Å².